The molecule has 0 saturated heterocycles. The molecule has 2 rings (SSSR count). The maximum atomic E-state index is 10.5. The van der Waals surface area contributed by atoms with Crippen LogP contribution in [0.5, 0.6) is 0 Å². The van der Waals surface area contributed by atoms with Crippen molar-refractivity contribution in [1.82, 2.24) is 10.2 Å². The van der Waals surface area contributed by atoms with Crippen molar-refractivity contribution < 1.29 is 4.92 Å². The van der Waals surface area contributed by atoms with E-state index in [1.54, 1.807) is 6.07 Å². The number of aromatic nitrogens is 2. The highest BCUT2D eigenvalue weighted by Crippen LogP contribution is 2.22. The number of hydrogen-bond donors (Lipinski definition) is 1. The number of hydrogen-bond acceptors (Lipinski definition) is 5. The lowest BCUT2D eigenvalue weighted by Gasteiger charge is -1.98. The first-order chi connectivity index (χ1) is 6.68. The number of nitrogens with zero attached hydrogens (tertiary/aromatic N) is 3. The lowest BCUT2D eigenvalue weighted by molar-refractivity contribution is -0.384. The Morgan fingerprint density at radius 3 is 2.93 bits per heavy atom. The molecule has 0 aliphatic carbocycles. The monoisotopic (exact) mass is 190 g/mol. The van der Waals surface area contributed by atoms with Gasteiger partial charge in [-0.2, -0.15) is 5.10 Å². The zero-order valence-corrected chi connectivity index (χ0v) is 7.04. The molecule has 1 aromatic carbocycles. The third-order valence-corrected chi connectivity index (χ3v) is 1.88. The van der Waals surface area contributed by atoms with Crippen molar-refractivity contribution in [1.29, 1.82) is 0 Å². The number of nitrogen functional groups attached to an aromatic ring is 1. The van der Waals surface area contributed by atoms with E-state index < -0.39 is 4.92 Å². The minimum absolute atomic E-state index is 0.0184. The van der Waals surface area contributed by atoms with Crippen LogP contribution in [0.1, 0.15) is 0 Å². The third-order valence-electron chi connectivity index (χ3n) is 1.88. The smallest absolute Gasteiger partial charge is 0.270 e. The predicted molar refractivity (Wildman–Crippen MR) is 50.6 cm³/mol. The van der Waals surface area contributed by atoms with Gasteiger partial charge in [-0.15, -0.1) is 5.10 Å². The van der Waals surface area contributed by atoms with E-state index in [2.05, 4.69) is 10.2 Å². The molecule has 0 bridgehead atoms. The number of nitro benzene ring substituents is 1. The molecule has 0 spiro atoms. The molecule has 2 N–H and O–H groups in total. The average molecular weight is 190 g/mol. The van der Waals surface area contributed by atoms with E-state index in [-0.39, 0.29) is 11.5 Å². The first-order valence-electron chi connectivity index (χ1n) is 3.84. The Morgan fingerprint density at radius 2 is 2.21 bits per heavy atom. The Balaban J connectivity index is 2.73. The first-order valence-corrected chi connectivity index (χ1v) is 3.84. The normalized spacial score (nSPS) is 10.3. The van der Waals surface area contributed by atoms with Gasteiger partial charge < -0.3 is 5.73 Å². The summed E-state index contributed by atoms with van der Waals surface area (Å²) < 4.78 is 0. The molecule has 0 amide bonds. The minimum Gasteiger partial charge on any atom is -0.382 e. The first kappa shape index (κ1) is 8.36. The summed E-state index contributed by atoms with van der Waals surface area (Å²) >= 11 is 0. The van der Waals surface area contributed by atoms with Crippen LogP contribution in [0.2, 0.25) is 0 Å². The van der Waals surface area contributed by atoms with Crippen LogP contribution in [0.25, 0.3) is 10.8 Å². The van der Waals surface area contributed by atoms with E-state index in [4.69, 9.17) is 5.73 Å². The van der Waals surface area contributed by atoms with Gasteiger partial charge in [0.1, 0.15) is 0 Å². The van der Waals surface area contributed by atoms with E-state index in [1.165, 1.54) is 18.3 Å². The van der Waals surface area contributed by atoms with Gasteiger partial charge in [-0.05, 0) is 6.07 Å². The number of nitro groups is 1. The summed E-state index contributed by atoms with van der Waals surface area (Å²) in [5.41, 5.74) is 5.56. The summed E-state index contributed by atoms with van der Waals surface area (Å²) in [6, 6.07) is 4.37. The summed E-state index contributed by atoms with van der Waals surface area (Å²) in [5.74, 6) is 0.275. The van der Waals surface area contributed by atoms with Crippen molar-refractivity contribution in [2.45, 2.75) is 0 Å². The molecule has 1 heterocycles. The quantitative estimate of drug-likeness (QED) is 0.537. The van der Waals surface area contributed by atoms with Gasteiger partial charge in [-0.3, -0.25) is 10.1 Å². The highest BCUT2D eigenvalue weighted by molar-refractivity contribution is 5.91. The Kier molecular flexibility index (Phi) is 1.74. The number of benzene rings is 1. The molecule has 0 saturated carbocycles. The number of rotatable bonds is 1. The fourth-order valence-corrected chi connectivity index (χ4v) is 1.21. The molecular weight excluding hydrogens is 184 g/mol. The van der Waals surface area contributed by atoms with Crippen LogP contribution in [0.4, 0.5) is 11.5 Å². The lowest BCUT2D eigenvalue weighted by Crippen LogP contribution is -1.94. The number of anilines is 1. The van der Waals surface area contributed by atoms with Crippen molar-refractivity contribution >= 4 is 22.3 Å². The van der Waals surface area contributed by atoms with Crippen LogP contribution < -0.4 is 5.73 Å². The highest BCUT2D eigenvalue weighted by Gasteiger charge is 2.07. The van der Waals surface area contributed by atoms with Crippen LogP contribution in [0.15, 0.2) is 24.4 Å². The molecule has 2 aromatic rings. The summed E-state index contributed by atoms with van der Waals surface area (Å²) in [5, 5.41) is 19.0. The topological polar surface area (TPSA) is 94.9 Å². The van der Waals surface area contributed by atoms with E-state index in [0.717, 1.165) is 0 Å². The second-order valence-electron chi connectivity index (χ2n) is 2.76. The Morgan fingerprint density at radius 1 is 1.43 bits per heavy atom. The second kappa shape index (κ2) is 2.91. The molecule has 0 fully saturated rings. The molecule has 6 heteroatoms. The fourth-order valence-electron chi connectivity index (χ4n) is 1.21. The highest BCUT2D eigenvalue weighted by atomic mass is 16.6. The number of non-ortho nitro benzene ring substituents is 1. The van der Waals surface area contributed by atoms with Crippen LogP contribution in [-0.4, -0.2) is 15.1 Å². The molecule has 0 radical (unpaired) electrons. The van der Waals surface area contributed by atoms with Gasteiger partial charge in [0.25, 0.3) is 5.69 Å². The van der Waals surface area contributed by atoms with Gasteiger partial charge in [0.2, 0.25) is 0 Å². The van der Waals surface area contributed by atoms with E-state index in [9.17, 15) is 10.1 Å². The maximum absolute atomic E-state index is 10.5. The summed E-state index contributed by atoms with van der Waals surface area (Å²) in [4.78, 5) is 10.0. The zero-order valence-electron chi connectivity index (χ0n) is 7.04. The maximum Gasteiger partial charge on any atom is 0.270 e. The van der Waals surface area contributed by atoms with E-state index in [0.29, 0.717) is 10.8 Å². The molecular formula is C8H6N4O2. The number of nitrogens with two attached hydrogens (primary N) is 1. The van der Waals surface area contributed by atoms with Crippen LogP contribution >= 0.6 is 0 Å². The fraction of sp³-hybridized carbons (Fsp3) is 0. The Bertz CT molecular complexity index is 512. The van der Waals surface area contributed by atoms with Gasteiger partial charge in [-0.25, -0.2) is 0 Å². The van der Waals surface area contributed by atoms with Gasteiger partial charge in [-0.1, -0.05) is 0 Å². The van der Waals surface area contributed by atoms with Gasteiger partial charge in [0, 0.05) is 22.9 Å². The zero-order chi connectivity index (χ0) is 10.1. The van der Waals surface area contributed by atoms with Crippen LogP contribution in [0.3, 0.4) is 0 Å². The van der Waals surface area contributed by atoms with Crippen molar-refractivity contribution in [3.63, 3.8) is 0 Å². The molecule has 70 valence electrons. The van der Waals surface area contributed by atoms with Gasteiger partial charge >= 0.3 is 0 Å². The van der Waals surface area contributed by atoms with Crippen molar-refractivity contribution in [2.75, 3.05) is 5.73 Å². The molecule has 1 aromatic heterocycles. The largest absolute Gasteiger partial charge is 0.382 e. The molecule has 14 heavy (non-hydrogen) atoms. The van der Waals surface area contributed by atoms with Crippen LogP contribution in [-0.2, 0) is 0 Å². The Labute approximate surface area is 78.5 Å². The summed E-state index contributed by atoms with van der Waals surface area (Å²) in [6.07, 6.45) is 1.44. The number of fused-ring (bicyclic) bond motifs is 1. The lowest BCUT2D eigenvalue weighted by atomic mass is 10.2. The predicted octanol–water partition coefficient (Wildman–Crippen LogP) is 1.12. The average Bonchev–Trinajstić information content (AvgIpc) is 2.17. The standard InChI is InChI=1S/C8H6N4O2/c9-8-7-2-1-6(12(13)14)3-5(7)4-10-11-8/h1-4H,(H2,9,11). The van der Waals surface area contributed by atoms with Gasteiger partial charge in [0.05, 0.1) is 11.1 Å². The molecule has 0 aliphatic heterocycles. The molecule has 0 aliphatic rings. The van der Waals surface area contributed by atoms with Gasteiger partial charge in [0.15, 0.2) is 5.82 Å². The van der Waals surface area contributed by atoms with Crippen molar-refractivity contribution in [3.8, 4) is 0 Å². The van der Waals surface area contributed by atoms with E-state index >= 15 is 0 Å². The van der Waals surface area contributed by atoms with Crippen molar-refractivity contribution in [2.24, 2.45) is 0 Å². The summed E-state index contributed by atoms with van der Waals surface area (Å²) in [7, 11) is 0. The SMILES string of the molecule is Nc1nncc2cc([N+](=O)[O-])ccc12. The molecule has 0 unspecified atom stereocenters. The van der Waals surface area contributed by atoms with E-state index in [1.807, 2.05) is 0 Å². The van der Waals surface area contributed by atoms with Crippen molar-refractivity contribution in [3.05, 3.63) is 34.5 Å². The van der Waals surface area contributed by atoms with Crippen LogP contribution in [0, 0.1) is 10.1 Å². The third kappa shape index (κ3) is 1.22. The summed E-state index contributed by atoms with van der Waals surface area (Å²) in [6.45, 7) is 0. The second-order valence-corrected chi connectivity index (χ2v) is 2.76. The Hall–Kier alpha value is -2.24. The molecule has 6 nitrogen and oxygen atoms in total. The minimum atomic E-state index is -0.462. The molecule has 0 atom stereocenters.